The predicted molar refractivity (Wildman–Crippen MR) is 47.6 cm³/mol. The van der Waals surface area contributed by atoms with Crippen LogP contribution >= 0.6 is 0 Å². The number of amidine groups is 1. The lowest BCUT2D eigenvalue weighted by Crippen LogP contribution is -2.35. The molecule has 0 heterocycles. The lowest BCUT2D eigenvalue weighted by atomic mass is 9.83. The third kappa shape index (κ3) is 2.08. The Kier molecular flexibility index (Phi) is 2.85. The van der Waals surface area contributed by atoms with Crippen LogP contribution in [0, 0.1) is 5.92 Å². The average Bonchev–Trinajstić information content (AvgIpc) is 1.99. The minimum atomic E-state index is 0.180. The van der Waals surface area contributed by atoms with E-state index in [-0.39, 0.29) is 11.7 Å². The van der Waals surface area contributed by atoms with Gasteiger partial charge in [-0.3, -0.25) is 4.79 Å². The molecule has 4 nitrogen and oxygen atoms in total. The van der Waals surface area contributed by atoms with Crippen molar-refractivity contribution in [2.45, 2.75) is 12.8 Å². The molecule has 3 N–H and O–H groups in total. The van der Waals surface area contributed by atoms with Crippen molar-refractivity contribution in [2.75, 3.05) is 7.05 Å². The minimum absolute atomic E-state index is 0.180. The van der Waals surface area contributed by atoms with Crippen molar-refractivity contribution < 1.29 is 4.79 Å². The summed E-state index contributed by atoms with van der Waals surface area (Å²) in [5.41, 5.74) is 5.60. The highest BCUT2D eigenvalue weighted by atomic mass is 16.1. The van der Waals surface area contributed by atoms with Gasteiger partial charge in [0.25, 0.3) is 0 Å². The van der Waals surface area contributed by atoms with Crippen molar-refractivity contribution in [1.29, 1.82) is 0 Å². The maximum absolute atomic E-state index is 10.6. The first-order chi connectivity index (χ1) is 5.74. The van der Waals surface area contributed by atoms with Gasteiger partial charge in [0.15, 0.2) is 0 Å². The van der Waals surface area contributed by atoms with Crippen LogP contribution < -0.4 is 11.1 Å². The molecule has 0 spiro atoms. The topological polar surface area (TPSA) is 67.5 Å². The van der Waals surface area contributed by atoms with Crippen LogP contribution in [0.25, 0.3) is 0 Å². The second-order valence-electron chi connectivity index (χ2n) is 2.80. The number of nitrogens with one attached hydrogen (secondary N) is 1. The molecule has 0 unspecified atom stereocenters. The molecule has 66 valence electrons. The molecule has 12 heavy (non-hydrogen) atoms. The maximum atomic E-state index is 10.6. The number of nitrogens with two attached hydrogens (primary N) is 1. The minimum Gasteiger partial charge on any atom is -0.393 e. The normalized spacial score (nSPS) is 19.8. The van der Waals surface area contributed by atoms with Crippen LogP contribution in [0.1, 0.15) is 12.8 Å². The Morgan fingerprint density at radius 3 is 2.92 bits per heavy atom. The van der Waals surface area contributed by atoms with Crippen LogP contribution in [0.2, 0.25) is 0 Å². The van der Waals surface area contributed by atoms with Gasteiger partial charge in [0.1, 0.15) is 11.6 Å². The molecule has 1 saturated carbocycles. The molecule has 0 atom stereocenters. The molecule has 1 fully saturated rings. The molecule has 0 amide bonds. The number of hydrogen-bond acceptors (Lipinski definition) is 3. The second-order valence-corrected chi connectivity index (χ2v) is 2.80. The Hall–Kier alpha value is -1.32. The number of aliphatic imine (C=N–C) groups is 1. The van der Waals surface area contributed by atoms with E-state index < -0.39 is 0 Å². The lowest BCUT2D eigenvalue weighted by molar-refractivity contribution is -0.125. The van der Waals surface area contributed by atoms with Gasteiger partial charge in [0, 0.05) is 38.2 Å². The van der Waals surface area contributed by atoms with Gasteiger partial charge in [-0.1, -0.05) is 0 Å². The van der Waals surface area contributed by atoms with Gasteiger partial charge in [0.05, 0.1) is 0 Å². The van der Waals surface area contributed by atoms with E-state index in [4.69, 9.17) is 5.73 Å². The van der Waals surface area contributed by atoms with Crippen LogP contribution in [0.5, 0.6) is 0 Å². The summed E-state index contributed by atoms with van der Waals surface area (Å²) in [5, 5.41) is 2.80. The van der Waals surface area contributed by atoms with Crippen LogP contribution in [-0.4, -0.2) is 18.7 Å². The summed E-state index contributed by atoms with van der Waals surface area (Å²) in [5.74, 6) is 1.01. The largest absolute Gasteiger partial charge is 0.393 e. The fourth-order valence-corrected chi connectivity index (χ4v) is 1.00. The van der Waals surface area contributed by atoms with E-state index in [1.54, 1.807) is 19.4 Å². The Morgan fingerprint density at radius 1 is 1.75 bits per heavy atom. The molecule has 0 aromatic heterocycles. The number of Topliss-reactive ketones (excluding diaryl/α,β-unsaturated/α-hetero) is 1. The van der Waals surface area contributed by atoms with Crippen molar-refractivity contribution in [3.8, 4) is 0 Å². The van der Waals surface area contributed by atoms with Gasteiger partial charge in [-0.05, 0) is 0 Å². The zero-order chi connectivity index (χ0) is 8.97. The third-order valence-electron chi connectivity index (χ3n) is 1.83. The fourth-order valence-electron chi connectivity index (χ4n) is 1.00. The van der Waals surface area contributed by atoms with Gasteiger partial charge in [-0.2, -0.15) is 0 Å². The number of hydrogen-bond donors (Lipinski definition) is 2. The molecule has 1 rings (SSSR count). The molecule has 0 aromatic carbocycles. The van der Waals surface area contributed by atoms with Crippen molar-refractivity contribution >= 4 is 11.6 Å². The lowest BCUT2D eigenvalue weighted by Gasteiger charge is -2.22. The highest BCUT2D eigenvalue weighted by Gasteiger charge is 2.29. The summed E-state index contributed by atoms with van der Waals surface area (Å²) < 4.78 is 0. The summed E-state index contributed by atoms with van der Waals surface area (Å²) in [6.07, 6.45) is 4.40. The number of ketones is 1. The quantitative estimate of drug-likeness (QED) is 0.459. The maximum Gasteiger partial charge on any atom is 0.134 e. The van der Waals surface area contributed by atoms with Crippen molar-refractivity contribution in [2.24, 2.45) is 16.6 Å². The van der Waals surface area contributed by atoms with Crippen molar-refractivity contribution in [1.82, 2.24) is 5.32 Å². The Labute approximate surface area is 71.5 Å². The first kappa shape index (κ1) is 8.77. The molecular weight excluding hydrogens is 154 g/mol. The molecule has 0 aromatic rings. The predicted octanol–water partition coefficient (Wildman–Crippen LogP) is 0.0133. The van der Waals surface area contributed by atoms with Crippen LogP contribution in [0.3, 0.4) is 0 Å². The van der Waals surface area contributed by atoms with Gasteiger partial charge in [0.2, 0.25) is 0 Å². The van der Waals surface area contributed by atoms with E-state index >= 15 is 0 Å². The summed E-state index contributed by atoms with van der Waals surface area (Å²) >= 11 is 0. The molecule has 0 radical (unpaired) electrons. The zero-order valence-electron chi connectivity index (χ0n) is 7.08. The number of nitrogens with zero attached hydrogens (tertiary/aromatic N) is 1. The molecule has 0 saturated heterocycles. The standard InChI is InChI=1S/C8H13N3O/c1-10-2-3-11-8(9)6-4-7(12)5-6/h2-3,6,10H,4-5H2,1H3,(H2,9,11)/b3-2-. The molecule has 4 heteroatoms. The van der Waals surface area contributed by atoms with Gasteiger partial charge >= 0.3 is 0 Å². The molecule has 1 aliphatic rings. The molecule has 0 aliphatic heterocycles. The molecule has 0 bridgehead atoms. The first-order valence-corrected chi connectivity index (χ1v) is 3.91. The molecule has 1 aliphatic carbocycles. The SMILES string of the molecule is CN/C=C\N=C(N)C1CC(=O)C1. The Balaban J connectivity index is 2.36. The zero-order valence-corrected chi connectivity index (χ0v) is 7.08. The van der Waals surface area contributed by atoms with E-state index in [9.17, 15) is 4.79 Å². The van der Waals surface area contributed by atoms with Crippen molar-refractivity contribution in [3.63, 3.8) is 0 Å². The fraction of sp³-hybridized carbons (Fsp3) is 0.500. The highest BCUT2D eigenvalue weighted by Crippen LogP contribution is 2.22. The van der Waals surface area contributed by atoms with Gasteiger partial charge in [-0.15, -0.1) is 0 Å². The van der Waals surface area contributed by atoms with E-state index in [0.29, 0.717) is 18.7 Å². The monoisotopic (exact) mass is 167 g/mol. The van der Waals surface area contributed by atoms with Gasteiger partial charge in [-0.25, -0.2) is 4.99 Å². The summed E-state index contributed by atoms with van der Waals surface area (Å²) in [7, 11) is 1.79. The Morgan fingerprint density at radius 2 is 2.42 bits per heavy atom. The third-order valence-corrected chi connectivity index (χ3v) is 1.83. The smallest absolute Gasteiger partial charge is 0.134 e. The van der Waals surface area contributed by atoms with Crippen molar-refractivity contribution in [3.05, 3.63) is 12.4 Å². The van der Waals surface area contributed by atoms with Gasteiger partial charge < -0.3 is 11.1 Å². The number of carbonyl (C=O) groups is 1. The van der Waals surface area contributed by atoms with Crippen LogP contribution in [0.15, 0.2) is 17.4 Å². The first-order valence-electron chi connectivity index (χ1n) is 3.91. The second kappa shape index (κ2) is 3.90. The van der Waals surface area contributed by atoms with E-state index in [2.05, 4.69) is 10.3 Å². The summed E-state index contributed by atoms with van der Waals surface area (Å²) in [6.45, 7) is 0. The summed E-state index contributed by atoms with van der Waals surface area (Å²) in [6, 6.07) is 0. The van der Waals surface area contributed by atoms with E-state index in [1.807, 2.05) is 0 Å². The Bertz CT molecular complexity index is 224. The number of carbonyl (C=O) groups excluding carboxylic acids is 1. The summed E-state index contributed by atoms with van der Waals surface area (Å²) in [4.78, 5) is 14.6. The van der Waals surface area contributed by atoms with E-state index in [1.165, 1.54) is 0 Å². The van der Waals surface area contributed by atoms with Crippen LogP contribution in [0.4, 0.5) is 0 Å². The van der Waals surface area contributed by atoms with Crippen LogP contribution in [-0.2, 0) is 4.79 Å². The molecular formula is C8H13N3O. The highest BCUT2D eigenvalue weighted by molar-refractivity contribution is 5.98. The average molecular weight is 167 g/mol. The number of rotatable bonds is 3. The van der Waals surface area contributed by atoms with E-state index in [0.717, 1.165) is 0 Å².